The number of aromatic nitrogens is 1. The minimum absolute atomic E-state index is 0.0148. The Kier molecular flexibility index (Phi) is 5.48. The minimum atomic E-state index is -0.0534. The zero-order chi connectivity index (χ0) is 19.5. The molecule has 1 N–H and O–H groups in total. The van der Waals surface area contributed by atoms with Gasteiger partial charge in [-0.2, -0.15) is 0 Å². The van der Waals surface area contributed by atoms with Gasteiger partial charge in [-0.15, -0.1) is 0 Å². The molecule has 1 aliphatic heterocycles. The van der Waals surface area contributed by atoms with Gasteiger partial charge in [0.15, 0.2) is 0 Å². The minimum Gasteiger partial charge on any atom is -0.491 e. The van der Waals surface area contributed by atoms with E-state index in [-0.39, 0.29) is 17.9 Å². The number of nitrogens with zero attached hydrogens (tertiary/aromatic N) is 2. The number of carbonyl (C=O) groups is 2. The molecule has 2 aliphatic rings. The van der Waals surface area contributed by atoms with Crippen molar-refractivity contribution < 1.29 is 14.3 Å². The van der Waals surface area contributed by atoms with Crippen molar-refractivity contribution >= 4 is 23.4 Å². The van der Waals surface area contributed by atoms with Crippen LogP contribution in [0.4, 0.5) is 0 Å². The Bertz CT molecular complexity index is 850. The third-order valence-electron chi connectivity index (χ3n) is 5.08. The summed E-state index contributed by atoms with van der Waals surface area (Å²) in [5.74, 6) is 0.594. The molecule has 0 bridgehead atoms. The summed E-state index contributed by atoms with van der Waals surface area (Å²) >= 11 is 5.80. The number of pyridine rings is 1. The van der Waals surface area contributed by atoms with Crippen LogP contribution in [0.2, 0.25) is 5.15 Å². The van der Waals surface area contributed by atoms with Crippen LogP contribution in [-0.2, 0) is 0 Å². The number of rotatable bonds is 6. The predicted octanol–water partition coefficient (Wildman–Crippen LogP) is 3.31. The smallest absolute Gasteiger partial charge is 0.255 e. The molecule has 146 valence electrons. The predicted molar refractivity (Wildman–Crippen MR) is 106 cm³/mol. The van der Waals surface area contributed by atoms with Crippen LogP contribution in [0.1, 0.15) is 46.4 Å². The number of benzene rings is 1. The van der Waals surface area contributed by atoms with Crippen LogP contribution < -0.4 is 10.1 Å². The third-order valence-corrected chi connectivity index (χ3v) is 5.31. The second kappa shape index (κ2) is 8.19. The van der Waals surface area contributed by atoms with Gasteiger partial charge in [0.1, 0.15) is 17.5 Å². The molecule has 6 nitrogen and oxygen atoms in total. The molecule has 2 fully saturated rings. The van der Waals surface area contributed by atoms with Gasteiger partial charge < -0.3 is 15.0 Å². The number of nitrogens with one attached hydrogen (secondary N) is 1. The zero-order valence-corrected chi connectivity index (χ0v) is 16.2. The highest BCUT2D eigenvalue weighted by molar-refractivity contribution is 6.29. The van der Waals surface area contributed by atoms with Crippen molar-refractivity contribution in [1.82, 2.24) is 15.2 Å². The van der Waals surface area contributed by atoms with E-state index in [0.29, 0.717) is 41.2 Å². The molecule has 1 saturated carbocycles. The van der Waals surface area contributed by atoms with Gasteiger partial charge in [-0.3, -0.25) is 9.59 Å². The maximum atomic E-state index is 12.7. The van der Waals surface area contributed by atoms with Crippen LogP contribution in [0, 0.1) is 0 Å². The van der Waals surface area contributed by atoms with Gasteiger partial charge >= 0.3 is 0 Å². The maximum absolute atomic E-state index is 12.7. The molecule has 1 atom stereocenters. The number of carbonyl (C=O) groups excluding carboxylic acids is 2. The van der Waals surface area contributed by atoms with Crippen molar-refractivity contribution in [3.8, 4) is 5.75 Å². The molecular weight excluding hydrogens is 378 g/mol. The number of ether oxygens (including phenoxy) is 1. The number of hydrogen-bond donors (Lipinski definition) is 1. The highest BCUT2D eigenvalue weighted by Gasteiger charge is 2.30. The normalized spacial score (nSPS) is 18.8. The van der Waals surface area contributed by atoms with Gasteiger partial charge in [0.25, 0.3) is 11.8 Å². The van der Waals surface area contributed by atoms with E-state index in [2.05, 4.69) is 10.3 Å². The lowest BCUT2D eigenvalue weighted by Gasteiger charge is -2.25. The molecule has 2 amide bonds. The fourth-order valence-corrected chi connectivity index (χ4v) is 3.45. The largest absolute Gasteiger partial charge is 0.491 e. The highest BCUT2D eigenvalue weighted by Crippen LogP contribution is 2.23. The molecule has 1 saturated heterocycles. The molecule has 4 rings (SSSR count). The van der Waals surface area contributed by atoms with E-state index in [9.17, 15) is 9.59 Å². The van der Waals surface area contributed by atoms with Crippen molar-refractivity contribution in [2.75, 3.05) is 13.2 Å². The van der Waals surface area contributed by atoms with E-state index in [1.54, 1.807) is 36.4 Å². The van der Waals surface area contributed by atoms with Crippen LogP contribution >= 0.6 is 11.6 Å². The molecule has 2 heterocycles. The van der Waals surface area contributed by atoms with Crippen molar-refractivity contribution in [1.29, 1.82) is 0 Å². The van der Waals surface area contributed by atoms with E-state index in [4.69, 9.17) is 16.3 Å². The molecule has 1 aromatic carbocycles. The fraction of sp³-hybridized carbons (Fsp3) is 0.381. The average Bonchev–Trinajstić information content (AvgIpc) is 3.40. The van der Waals surface area contributed by atoms with Gasteiger partial charge in [0.05, 0.1) is 11.6 Å². The summed E-state index contributed by atoms with van der Waals surface area (Å²) < 4.78 is 5.89. The Labute approximate surface area is 168 Å². The summed E-state index contributed by atoms with van der Waals surface area (Å²) in [5.41, 5.74) is 1.16. The molecule has 1 aromatic heterocycles. The number of likely N-dealkylation sites (tertiary alicyclic amines) is 1. The molecular formula is C21H22ClN3O3. The standard InChI is InChI=1S/C21H22ClN3O3/c22-19-10-5-15(12-23-19)21(27)25-11-1-2-17(25)13-28-18-8-3-14(4-9-18)20(26)24-16-6-7-16/h3-5,8-10,12,16-17H,1-2,6-7,11,13H2,(H,24,26)/t17-/m0/s1. The van der Waals surface area contributed by atoms with E-state index < -0.39 is 0 Å². The second-order valence-corrected chi connectivity index (χ2v) is 7.63. The SMILES string of the molecule is O=C(NC1CC1)c1ccc(OC[C@@H]2CCCN2C(=O)c2ccc(Cl)nc2)cc1. The summed E-state index contributed by atoms with van der Waals surface area (Å²) in [7, 11) is 0. The van der Waals surface area contributed by atoms with Crippen LogP contribution in [0.15, 0.2) is 42.6 Å². The Hall–Kier alpha value is -2.60. The molecule has 7 heteroatoms. The third kappa shape index (κ3) is 4.44. The molecule has 2 aromatic rings. The summed E-state index contributed by atoms with van der Waals surface area (Å²) in [6, 6.07) is 10.8. The lowest BCUT2D eigenvalue weighted by Crippen LogP contribution is -2.39. The van der Waals surface area contributed by atoms with Gasteiger partial charge in [-0.05, 0) is 62.1 Å². The Morgan fingerprint density at radius 3 is 2.54 bits per heavy atom. The van der Waals surface area contributed by atoms with E-state index >= 15 is 0 Å². The van der Waals surface area contributed by atoms with E-state index in [1.165, 1.54) is 6.20 Å². The number of halogens is 1. The van der Waals surface area contributed by atoms with Crippen LogP contribution in [0.5, 0.6) is 5.75 Å². The van der Waals surface area contributed by atoms with Crippen LogP contribution in [-0.4, -0.2) is 46.9 Å². The first-order valence-corrected chi connectivity index (χ1v) is 9.94. The second-order valence-electron chi connectivity index (χ2n) is 7.25. The Balaban J connectivity index is 1.33. The van der Waals surface area contributed by atoms with Gasteiger partial charge in [-0.25, -0.2) is 4.98 Å². The Morgan fingerprint density at radius 2 is 1.86 bits per heavy atom. The zero-order valence-electron chi connectivity index (χ0n) is 15.4. The fourth-order valence-electron chi connectivity index (χ4n) is 3.34. The molecule has 0 unspecified atom stereocenters. The monoisotopic (exact) mass is 399 g/mol. The lowest BCUT2D eigenvalue weighted by molar-refractivity contribution is 0.0691. The first kappa shape index (κ1) is 18.7. The number of hydrogen-bond acceptors (Lipinski definition) is 4. The van der Waals surface area contributed by atoms with Gasteiger partial charge in [0, 0.05) is 24.3 Å². The summed E-state index contributed by atoms with van der Waals surface area (Å²) in [5, 5.41) is 3.33. The first-order valence-electron chi connectivity index (χ1n) is 9.56. The van der Waals surface area contributed by atoms with E-state index in [0.717, 1.165) is 25.7 Å². The molecule has 1 aliphatic carbocycles. The lowest BCUT2D eigenvalue weighted by atomic mass is 10.2. The highest BCUT2D eigenvalue weighted by atomic mass is 35.5. The van der Waals surface area contributed by atoms with Gasteiger partial charge in [0.2, 0.25) is 0 Å². The summed E-state index contributed by atoms with van der Waals surface area (Å²) in [6.07, 6.45) is 5.48. The first-order chi connectivity index (χ1) is 13.6. The number of amides is 2. The van der Waals surface area contributed by atoms with Crippen molar-refractivity contribution in [3.63, 3.8) is 0 Å². The quantitative estimate of drug-likeness (QED) is 0.756. The van der Waals surface area contributed by atoms with Crippen molar-refractivity contribution in [3.05, 3.63) is 58.9 Å². The molecule has 0 radical (unpaired) electrons. The molecule has 28 heavy (non-hydrogen) atoms. The Morgan fingerprint density at radius 1 is 1.11 bits per heavy atom. The van der Waals surface area contributed by atoms with Crippen LogP contribution in [0.25, 0.3) is 0 Å². The maximum Gasteiger partial charge on any atom is 0.255 e. The average molecular weight is 400 g/mol. The summed E-state index contributed by atoms with van der Waals surface area (Å²) in [6.45, 7) is 1.12. The summed E-state index contributed by atoms with van der Waals surface area (Å²) in [4.78, 5) is 30.6. The van der Waals surface area contributed by atoms with Crippen molar-refractivity contribution in [2.45, 2.75) is 37.8 Å². The van der Waals surface area contributed by atoms with Crippen molar-refractivity contribution in [2.24, 2.45) is 0 Å². The van der Waals surface area contributed by atoms with Gasteiger partial charge in [-0.1, -0.05) is 11.6 Å². The topological polar surface area (TPSA) is 71.5 Å². The van der Waals surface area contributed by atoms with E-state index in [1.807, 2.05) is 4.90 Å². The van der Waals surface area contributed by atoms with Crippen LogP contribution in [0.3, 0.4) is 0 Å². The molecule has 0 spiro atoms.